The third-order valence-corrected chi connectivity index (χ3v) is 14.4. The quantitative estimate of drug-likeness (QED) is 0.123. The van der Waals surface area contributed by atoms with Gasteiger partial charge in [-0.15, -0.1) is 48.0 Å². The maximum absolute atomic E-state index is 5.99. The van der Waals surface area contributed by atoms with E-state index in [9.17, 15) is 0 Å². The number of fused-ring (bicyclic) bond motifs is 6. The summed E-state index contributed by atoms with van der Waals surface area (Å²) in [5.74, 6) is 3.76. The summed E-state index contributed by atoms with van der Waals surface area (Å²) in [6, 6.07) is 32.1. The fraction of sp³-hybridized carbons (Fsp3) is 0.320. The van der Waals surface area contributed by atoms with Gasteiger partial charge in [0.15, 0.2) is 5.71 Å². The van der Waals surface area contributed by atoms with Crippen LogP contribution in [0.25, 0.3) is 61.4 Å². The van der Waals surface area contributed by atoms with Gasteiger partial charge in [0.2, 0.25) is 0 Å². The molecular formula is C50H51IrN5OSi-2. The van der Waals surface area contributed by atoms with Crippen molar-refractivity contribution in [3.05, 3.63) is 131 Å². The van der Waals surface area contributed by atoms with E-state index in [2.05, 4.69) is 110 Å². The molecule has 8 aromatic rings. The Bertz CT molecular complexity index is 2780. The number of benzene rings is 3. The van der Waals surface area contributed by atoms with Crippen LogP contribution in [0, 0.1) is 64.5 Å². The largest absolute Gasteiger partial charge is 0.482 e. The summed E-state index contributed by atoms with van der Waals surface area (Å²) in [5.41, 5.74) is 14.7. The Labute approximate surface area is 356 Å². The molecule has 3 aromatic carbocycles. The van der Waals surface area contributed by atoms with Crippen LogP contribution in [0.2, 0.25) is 19.6 Å². The number of furan rings is 1. The van der Waals surface area contributed by atoms with E-state index in [1.54, 1.807) is 10.8 Å². The second-order valence-electron chi connectivity index (χ2n) is 17.7. The van der Waals surface area contributed by atoms with Crippen molar-refractivity contribution in [2.24, 2.45) is 17.8 Å². The number of rotatable bonds is 6. The van der Waals surface area contributed by atoms with Crippen LogP contribution >= 0.6 is 0 Å². The minimum absolute atomic E-state index is 0. The molecule has 10 rings (SSSR count). The molecule has 58 heavy (non-hydrogen) atoms. The van der Waals surface area contributed by atoms with E-state index in [0.717, 1.165) is 84.9 Å². The summed E-state index contributed by atoms with van der Waals surface area (Å²) in [4.78, 5) is 18.8. The predicted octanol–water partition coefficient (Wildman–Crippen LogP) is 11.8. The standard InChI is InChI=1S/C28H23N4O.C22H28NSi.Ir/c1-15-10-16(2)26(17(3)11-15)32-24-12-19(5)29-14-23(24)31-27(32)20-7-9-25-22(13-20)21-8-6-18(4)30-28(21)33-25;1-24(2,3)22-15-23-21(17-7-5-4-6-8-17)14-20(22)13-19-12-16-9-10-18(19)11-16;/h6-12,14H,1-5H3;4-7,14-16,18-19H,9-13H2,1-3H3;/q2*-1;. The summed E-state index contributed by atoms with van der Waals surface area (Å²) in [7, 11) is -1.37. The van der Waals surface area contributed by atoms with Crippen molar-refractivity contribution < 1.29 is 24.5 Å². The van der Waals surface area contributed by atoms with Gasteiger partial charge in [0.05, 0.1) is 36.7 Å². The molecule has 0 amide bonds. The maximum Gasteiger partial charge on any atom is 0.183 e. The molecule has 1 radical (unpaired) electrons. The molecule has 2 fully saturated rings. The normalized spacial score (nSPS) is 17.5. The zero-order valence-electron chi connectivity index (χ0n) is 34.8. The molecule has 0 saturated heterocycles. The van der Waals surface area contributed by atoms with Crippen molar-refractivity contribution in [2.45, 2.75) is 86.4 Å². The number of hydrogen-bond donors (Lipinski definition) is 0. The Morgan fingerprint density at radius 2 is 1.62 bits per heavy atom. The Morgan fingerprint density at radius 3 is 2.33 bits per heavy atom. The zero-order valence-corrected chi connectivity index (χ0v) is 38.2. The maximum atomic E-state index is 5.99. The van der Waals surface area contributed by atoms with Crippen molar-refractivity contribution in [1.82, 2.24) is 24.5 Å². The number of imidazole rings is 1. The van der Waals surface area contributed by atoms with E-state index in [0.29, 0.717) is 5.71 Å². The minimum atomic E-state index is -1.37. The van der Waals surface area contributed by atoms with Gasteiger partial charge in [-0.05, 0) is 118 Å². The van der Waals surface area contributed by atoms with E-state index in [1.807, 2.05) is 56.4 Å². The van der Waals surface area contributed by atoms with E-state index in [4.69, 9.17) is 14.4 Å². The molecule has 0 aliphatic heterocycles. The van der Waals surface area contributed by atoms with Crippen molar-refractivity contribution in [2.75, 3.05) is 0 Å². The third kappa shape index (κ3) is 7.63. The van der Waals surface area contributed by atoms with Crippen molar-refractivity contribution in [3.8, 4) is 28.3 Å². The Balaban J connectivity index is 0.000000167. The van der Waals surface area contributed by atoms with Crippen molar-refractivity contribution >= 4 is 46.4 Å². The number of aromatic nitrogens is 5. The van der Waals surface area contributed by atoms with Gasteiger partial charge in [0, 0.05) is 43.4 Å². The zero-order chi connectivity index (χ0) is 39.6. The van der Waals surface area contributed by atoms with Gasteiger partial charge in [0.25, 0.3) is 0 Å². The van der Waals surface area contributed by atoms with Crippen LogP contribution in [0.5, 0.6) is 0 Å². The topological polar surface area (TPSA) is 69.6 Å². The first-order valence-electron chi connectivity index (χ1n) is 20.5. The average Bonchev–Trinajstić information content (AvgIpc) is 3.97. The molecule has 2 bridgehead atoms. The molecule has 5 aromatic heterocycles. The summed E-state index contributed by atoms with van der Waals surface area (Å²) < 4.78 is 8.23. The van der Waals surface area contributed by atoms with Crippen LogP contribution in [-0.4, -0.2) is 32.6 Å². The molecule has 2 aliphatic rings. The van der Waals surface area contributed by atoms with Crippen LogP contribution in [-0.2, 0) is 26.5 Å². The third-order valence-electron chi connectivity index (χ3n) is 12.3. The first kappa shape index (κ1) is 40.0. The van der Waals surface area contributed by atoms with Gasteiger partial charge >= 0.3 is 0 Å². The second-order valence-corrected chi connectivity index (χ2v) is 22.8. The van der Waals surface area contributed by atoms with Gasteiger partial charge in [-0.25, -0.2) is 4.98 Å². The van der Waals surface area contributed by atoms with Crippen LogP contribution in [0.3, 0.4) is 0 Å². The number of aryl methyl sites for hydroxylation is 5. The van der Waals surface area contributed by atoms with E-state index < -0.39 is 8.07 Å². The molecule has 0 spiro atoms. The monoisotopic (exact) mass is 958 g/mol. The number of nitrogens with zero attached hydrogens (tertiary/aromatic N) is 5. The fourth-order valence-electron chi connectivity index (χ4n) is 9.76. The Morgan fingerprint density at radius 1 is 0.810 bits per heavy atom. The summed E-state index contributed by atoms with van der Waals surface area (Å²) in [6.45, 7) is 17.8. The molecule has 6 nitrogen and oxygen atoms in total. The SMILES string of the molecule is C[Si](C)(C)c1cnc(-c2[c-]cccc2)cc1CC1CC2CCC1C2.Cc1cc(C)c(-n2c(-c3[c-]c4c(cc3)oc3nc(C)ccc34)nc3cnc(C)cc32)c(C)c1.[Ir]. The molecule has 8 heteroatoms. The van der Waals surface area contributed by atoms with E-state index in [1.165, 1.54) is 48.8 Å². The fourth-order valence-corrected chi connectivity index (χ4v) is 11.4. The number of pyridine rings is 3. The summed E-state index contributed by atoms with van der Waals surface area (Å²) in [5, 5.41) is 3.44. The van der Waals surface area contributed by atoms with Crippen LogP contribution in [0.15, 0.2) is 89.6 Å². The predicted molar refractivity (Wildman–Crippen MR) is 236 cm³/mol. The second kappa shape index (κ2) is 15.8. The minimum Gasteiger partial charge on any atom is -0.482 e. The van der Waals surface area contributed by atoms with Crippen LogP contribution < -0.4 is 5.19 Å². The van der Waals surface area contributed by atoms with Crippen molar-refractivity contribution in [3.63, 3.8) is 0 Å². The van der Waals surface area contributed by atoms with Gasteiger partial charge in [-0.1, -0.05) is 78.5 Å². The molecule has 0 N–H and O–H groups in total. The molecule has 2 saturated carbocycles. The van der Waals surface area contributed by atoms with E-state index in [-0.39, 0.29) is 20.1 Å². The first-order chi connectivity index (χ1) is 27.4. The summed E-state index contributed by atoms with van der Waals surface area (Å²) >= 11 is 0. The van der Waals surface area contributed by atoms with Gasteiger partial charge < -0.3 is 14.0 Å². The van der Waals surface area contributed by atoms with Gasteiger partial charge in [-0.2, -0.15) is 0 Å². The molecule has 5 heterocycles. The van der Waals surface area contributed by atoms with Crippen LogP contribution in [0.4, 0.5) is 0 Å². The molecule has 3 unspecified atom stereocenters. The summed E-state index contributed by atoms with van der Waals surface area (Å²) in [6.07, 6.45) is 11.2. The Kier molecular flexibility index (Phi) is 10.9. The number of hydrogen-bond acceptors (Lipinski definition) is 5. The molecular weight excluding hydrogens is 907 g/mol. The van der Waals surface area contributed by atoms with Crippen LogP contribution in [0.1, 0.15) is 59.3 Å². The van der Waals surface area contributed by atoms with Gasteiger partial charge in [-0.3, -0.25) is 9.97 Å². The average molecular weight is 958 g/mol. The van der Waals surface area contributed by atoms with Gasteiger partial charge in [0.1, 0.15) is 0 Å². The van der Waals surface area contributed by atoms with E-state index >= 15 is 0 Å². The van der Waals surface area contributed by atoms with Crippen molar-refractivity contribution in [1.29, 1.82) is 0 Å². The molecule has 3 atom stereocenters. The first-order valence-corrected chi connectivity index (χ1v) is 24.0. The molecule has 297 valence electrons. The Hall–Kier alpha value is -4.75. The smallest absolute Gasteiger partial charge is 0.183 e. The molecule has 2 aliphatic carbocycles.